The Balaban J connectivity index is 1.39. The number of rotatable bonds is 5. The average molecular weight is 517 g/mol. The summed E-state index contributed by atoms with van der Waals surface area (Å²) in [6, 6.07) is 13.3. The molecule has 0 amide bonds. The lowest BCUT2D eigenvalue weighted by Gasteiger charge is -2.30. The van der Waals surface area contributed by atoms with Crippen LogP contribution in [0.15, 0.2) is 42.6 Å². The maximum atomic E-state index is 13.2. The van der Waals surface area contributed by atoms with Gasteiger partial charge in [0, 0.05) is 62.5 Å². The van der Waals surface area contributed by atoms with Gasteiger partial charge in [-0.05, 0) is 53.1 Å². The minimum atomic E-state index is -0.0372. The van der Waals surface area contributed by atoms with Crippen molar-refractivity contribution >= 4 is 22.1 Å². The summed E-state index contributed by atoms with van der Waals surface area (Å²) in [5.74, 6) is 0.278. The van der Waals surface area contributed by atoms with E-state index in [1.54, 1.807) is 11.3 Å². The highest BCUT2D eigenvalue weighted by molar-refractivity contribution is 7.19. The van der Waals surface area contributed by atoms with Gasteiger partial charge < -0.3 is 15.4 Å². The van der Waals surface area contributed by atoms with Crippen molar-refractivity contribution in [2.45, 2.75) is 45.7 Å². The Morgan fingerprint density at radius 2 is 1.95 bits per heavy atom. The number of hydrogen-bond acceptors (Lipinski definition) is 7. The molecule has 0 saturated carbocycles. The summed E-state index contributed by atoms with van der Waals surface area (Å²) in [6.45, 7) is 10.5. The highest BCUT2D eigenvalue weighted by atomic mass is 32.1. The number of morpholine rings is 1. The Morgan fingerprint density at radius 1 is 1.11 bits per heavy atom. The zero-order chi connectivity index (χ0) is 25.6. The van der Waals surface area contributed by atoms with E-state index in [2.05, 4.69) is 60.0 Å². The van der Waals surface area contributed by atoms with Crippen molar-refractivity contribution in [1.82, 2.24) is 9.88 Å². The van der Waals surface area contributed by atoms with Crippen molar-refractivity contribution in [2.75, 3.05) is 44.3 Å². The molecule has 1 aromatic carbocycles. The molecule has 2 aliphatic heterocycles. The van der Waals surface area contributed by atoms with Crippen LogP contribution in [0.2, 0.25) is 0 Å². The molecule has 0 radical (unpaired) electrons. The standard InChI is InChI=1S/C30H36N4O2S/c1-30(2)16-24-27(29(34-10-12-36-13-11-34)37-28(24)26(35)17-30)22-6-8-32-25(15-22)21-5-3-4-20(14-21)18-33-9-7-23(31)19-33/h3-6,8,14-15,23H,7,9-13,16-19,31H2,1-2H3/t23-/m1/s1. The quantitative estimate of drug-likeness (QED) is 0.515. The van der Waals surface area contributed by atoms with Gasteiger partial charge in [-0.2, -0.15) is 0 Å². The van der Waals surface area contributed by atoms with Crippen molar-refractivity contribution in [3.63, 3.8) is 0 Å². The van der Waals surface area contributed by atoms with E-state index in [0.717, 1.165) is 80.5 Å². The Morgan fingerprint density at radius 3 is 2.73 bits per heavy atom. The molecule has 7 heteroatoms. The van der Waals surface area contributed by atoms with Gasteiger partial charge in [0.05, 0.1) is 28.8 Å². The van der Waals surface area contributed by atoms with Gasteiger partial charge in [-0.25, -0.2) is 0 Å². The molecule has 6 nitrogen and oxygen atoms in total. The predicted molar refractivity (Wildman–Crippen MR) is 150 cm³/mol. The van der Waals surface area contributed by atoms with Crippen LogP contribution in [0.4, 0.5) is 5.00 Å². The van der Waals surface area contributed by atoms with Crippen LogP contribution in [-0.2, 0) is 17.7 Å². The topological polar surface area (TPSA) is 71.7 Å². The third kappa shape index (κ3) is 5.10. The molecule has 194 valence electrons. The number of ether oxygens (including phenoxy) is 1. The fraction of sp³-hybridized carbons (Fsp3) is 0.467. The summed E-state index contributed by atoms with van der Waals surface area (Å²) in [5, 5.41) is 1.20. The minimum absolute atomic E-state index is 0.0372. The van der Waals surface area contributed by atoms with Gasteiger partial charge in [0.1, 0.15) is 0 Å². The predicted octanol–water partition coefficient (Wildman–Crippen LogP) is 5.00. The fourth-order valence-corrected chi connectivity index (χ4v) is 7.36. The van der Waals surface area contributed by atoms with Crippen molar-refractivity contribution in [3.8, 4) is 22.4 Å². The number of anilines is 1. The maximum absolute atomic E-state index is 13.2. The van der Waals surface area contributed by atoms with E-state index in [4.69, 9.17) is 15.5 Å². The van der Waals surface area contributed by atoms with Crippen molar-refractivity contribution in [3.05, 3.63) is 58.6 Å². The molecule has 0 spiro atoms. The second kappa shape index (κ2) is 9.95. The first kappa shape index (κ1) is 24.7. The van der Waals surface area contributed by atoms with Crippen LogP contribution in [-0.4, -0.2) is 61.1 Å². The molecular weight excluding hydrogens is 480 g/mol. The van der Waals surface area contributed by atoms with Gasteiger partial charge in [-0.15, -0.1) is 11.3 Å². The summed E-state index contributed by atoms with van der Waals surface area (Å²) in [4.78, 5) is 23.8. The van der Waals surface area contributed by atoms with Gasteiger partial charge in [0.2, 0.25) is 0 Å². The number of hydrogen-bond donors (Lipinski definition) is 1. The number of fused-ring (bicyclic) bond motifs is 1. The number of aromatic nitrogens is 1. The second-order valence-corrected chi connectivity index (χ2v) is 12.5. The largest absolute Gasteiger partial charge is 0.378 e. The van der Waals surface area contributed by atoms with E-state index in [0.29, 0.717) is 6.42 Å². The zero-order valence-electron chi connectivity index (χ0n) is 21.8. The Hall–Kier alpha value is -2.58. The molecule has 4 heterocycles. The summed E-state index contributed by atoms with van der Waals surface area (Å²) in [6.07, 6.45) is 4.51. The van der Waals surface area contributed by atoms with Crippen LogP contribution < -0.4 is 10.6 Å². The van der Waals surface area contributed by atoms with Crippen LogP contribution in [0, 0.1) is 5.41 Å². The normalized spacial score (nSPS) is 21.9. The van der Waals surface area contributed by atoms with E-state index in [1.807, 2.05) is 6.20 Å². The summed E-state index contributed by atoms with van der Waals surface area (Å²) < 4.78 is 5.64. The number of thiophene rings is 1. The number of pyridine rings is 1. The summed E-state index contributed by atoms with van der Waals surface area (Å²) in [7, 11) is 0. The summed E-state index contributed by atoms with van der Waals surface area (Å²) in [5.41, 5.74) is 13.0. The fourth-order valence-electron chi connectivity index (χ4n) is 6.03. The lowest BCUT2D eigenvalue weighted by molar-refractivity contribution is 0.0918. The van der Waals surface area contributed by atoms with Gasteiger partial charge in [0.25, 0.3) is 0 Å². The number of carbonyl (C=O) groups is 1. The van der Waals surface area contributed by atoms with Crippen LogP contribution >= 0.6 is 11.3 Å². The van der Waals surface area contributed by atoms with E-state index < -0.39 is 0 Å². The molecule has 37 heavy (non-hydrogen) atoms. The van der Waals surface area contributed by atoms with Crippen LogP contribution in [0.5, 0.6) is 0 Å². The number of benzene rings is 1. The molecule has 1 aliphatic carbocycles. The van der Waals surface area contributed by atoms with Crippen molar-refractivity contribution < 1.29 is 9.53 Å². The number of nitrogens with zero attached hydrogens (tertiary/aromatic N) is 3. The lowest BCUT2D eigenvalue weighted by atomic mass is 9.75. The molecule has 0 unspecified atom stereocenters. The van der Waals surface area contributed by atoms with Crippen LogP contribution in [0.1, 0.15) is 47.5 Å². The lowest BCUT2D eigenvalue weighted by Crippen LogP contribution is -2.36. The van der Waals surface area contributed by atoms with Gasteiger partial charge in [-0.3, -0.25) is 14.7 Å². The first-order chi connectivity index (χ1) is 17.9. The third-order valence-electron chi connectivity index (χ3n) is 7.82. The highest BCUT2D eigenvalue weighted by Gasteiger charge is 2.37. The van der Waals surface area contributed by atoms with E-state index >= 15 is 0 Å². The van der Waals surface area contributed by atoms with E-state index in [9.17, 15) is 4.79 Å². The Labute approximate surface area is 223 Å². The minimum Gasteiger partial charge on any atom is -0.378 e. The molecule has 2 fully saturated rings. The molecule has 0 bridgehead atoms. The molecule has 3 aromatic rings. The Kier molecular flexibility index (Phi) is 6.65. The van der Waals surface area contributed by atoms with E-state index in [1.165, 1.54) is 21.7 Å². The molecule has 2 aromatic heterocycles. The molecule has 6 rings (SSSR count). The van der Waals surface area contributed by atoms with Gasteiger partial charge in [-0.1, -0.05) is 32.0 Å². The SMILES string of the molecule is CC1(C)CC(=O)c2sc(N3CCOCC3)c(-c3ccnc(-c4cccc(CN5CC[C@@H](N)C5)c4)c3)c2C1. The average Bonchev–Trinajstić information content (AvgIpc) is 3.47. The smallest absolute Gasteiger partial charge is 0.173 e. The van der Waals surface area contributed by atoms with Gasteiger partial charge in [0.15, 0.2) is 5.78 Å². The number of likely N-dealkylation sites (tertiary alicyclic amines) is 1. The second-order valence-electron chi connectivity index (χ2n) is 11.5. The molecule has 2 N–H and O–H groups in total. The highest BCUT2D eigenvalue weighted by Crippen LogP contribution is 2.49. The van der Waals surface area contributed by atoms with Crippen molar-refractivity contribution in [1.29, 1.82) is 0 Å². The zero-order valence-corrected chi connectivity index (χ0v) is 22.7. The molecule has 2 saturated heterocycles. The third-order valence-corrected chi connectivity index (χ3v) is 9.15. The maximum Gasteiger partial charge on any atom is 0.173 e. The number of nitrogens with two attached hydrogens (primary N) is 1. The first-order valence-corrected chi connectivity index (χ1v) is 14.2. The molecule has 1 atom stereocenters. The first-order valence-electron chi connectivity index (χ1n) is 13.4. The van der Waals surface area contributed by atoms with E-state index in [-0.39, 0.29) is 17.2 Å². The number of Topliss-reactive ketones (excluding diaryl/α,β-unsaturated/α-hetero) is 1. The molecule has 3 aliphatic rings. The molecular formula is C30H36N4O2S. The Bertz CT molecular complexity index is 1310. The number of ketones is 1. The number of carbonyl (C=O) groups excluding carboxylic acids is 1. The summed E-state index contributed by atoms with van der Waals surface area (Å²) >= 11 is 1.68. The van der Waals surface area contributed by atoms with Crippen LogP contribution in [0.25, 0.3) is 22.4 Å². The van der Waals surface area contributed by atoms with Gasteiger partial charge >= 0.3 is 0 Å². The van der Waals surface area contributed by atoms with Crippen molar-refractivity contribution in [2.24, 2.45) is 11.1 Å². The monoisotopic (exact) mass is 516 g/mol. The van der Waals surface area contributed by atoms with Crippen LogP contribution in [0.3, 0.4) is 0 Å².